The van der Waals surface area contributed by atoms with E-state index in [9.17, 15) is 14.4 Å². The molecule has 0 aromatic carbocycles. The third-order valence-corrected chi connectivity index (χ3v) is 4.71. The van der Waals surface area contributed by atoms with Crippen LogP contribution in [0.1, 0.15) is 43.7 Å². The molecule has 0 saturated carbocycles. The molecule has 8 nitrogen and oxygen atoms in total. The van der Waals surface area contributed by atoms with Crippen molar-refractivity contribution in [2.75, 3.05) is 39.3 Å². The molecule has 1 atom stereocenters. The van der Waals surface area contributed by atoms with E-state index in [1.165, 1.54) is 6.26 Å². The van der Waals surface area contributed by atoms with Crippen LogP contribution in [0, 0.1) is 0 Å². The summed E-state index contributed by atoms with van der Waals surface area (Å²) in [6.07, 6.45) is 3.35. The molecule has 1 aromatic heterocycles. The Hall–Kier alpha value is -2.35. The molecule has 3 amide bonds. The van der Waals surface area contributed by atoms with Gasteiger partial charge in [-0.1, -0.05) is 6.92 Å². The standard InChI is InChI=1S/C19H30N4O4/c1-3-15(2)21-17(24)14-22-9-11-23(12-10-22)18(25)7-4-8-20-19(26)16-6-5-13-27-16/h5-6,13,15H,3-4,7-12,14H2,1-2H3,(H,20,26)(H,21,24). The maximum Gasteiger partial charge on any atom is 0.286 e. The lowest BCUT2D eigenvalue weighted by Gasteiger charge is -2.34. The first kappa shape index (κ1) is 21.0. The monoisotopic (exact) mass is 378 g/mol. The van der Waals surface area contributed by atoms with Crippen LogP contribution in [0.25, 0.3) is 0 Å². The summed E-state index contributed by atoms with van der Waals surface area (Å²) in [4.78, 5) is 39.8. The number of carbonyl (C=O) groups excluding carboxylic acids is 3. The predicted molar refractivity (Wildman–Crippen MR) is 101 cm³/mol. The molecule has 1 aliphatic rings. The van der Waals surface area contributed by atoms with E-state index in [2.05, 4.69) is 15.5 Å². The lowest BCUT2D eigenvalue weighted by Crippen LogP contribution is -2.51. The maximum atomic E-state index is 12.3. The molecule has 1 aliphatic heterocycles. The number of amides is 3. The van der Waals surface area contributed by atoms with Gasteiger partial charge in [0, 0.05) is 45.2 Å². The first-order chi connectivity index (χ1) is 13.0. The summed E-state index contributed by atoms with van der Waals surface area (Å²) in [6, 6.07) is 3.45. The fourth-order valence-electron chi connectivity index (χ4n) is 2.88. The number of hydrogen-bond acceptors (Lipinski definition) is 5. The lowest BCUT2D eigenvalue weighted by atomic mass is 10.2. The largest absolute Gasteiger partial charge is 0.459 e. The Kier molecular flexibility index (Phi) is 8.32. The zero-order valence-corrected chi connectivity index (χ0v) is 16.2. The molecular weight excluding hydrogens is 348 g/mol. The van der Waals surface area contributed by atoms with Gasteiger partial charge in [0.15, 0.2) is 5.76 Å². The summed E-state index contributed by atoms with van der Waals surface area (Å²) in [7, 11) is 0. The Labute approximate surface area is 160 Å². The molecule has 1 unspecified atom stereocenters. The first-order valence-corrected chi connectivity index (χ1v) is 9.60. The topological polar surface area (TPSA) is 94.9 Å². The van der Waals surface area contributed by atoms with Crippen molar-refractivity contribution in [2.45, 2.75) is 39.2 Å². The van der Waals surface area contributed by atoms with Crippen molar-refractivity contribution < 1.29 is 18.8 Å². The van der Waals surface area contributed by atoms with Gasteiger partial charge in [-0.25, -0.2) is 0 Å². The van der Waals surface area contributed by atoms with Gasteiger partial charge in [-0.15, -0.1) is 0 Å². The van der Waals surface area contributed by atoms with E-state index in [-0.39, 0.29) is 29.5 Å². The van der Waals surface area contributed by atoms with Crippen LogP contribution >= 0.6 is 0 Å². The molecule has 27 heavy (non-hydrogen) atoms. The van der Waals surface area contributed by atoms with Crippen LogP contribution in [0.3, 0.4) is 0 Å². The van der Waals surface area contributed by atoms with Gasteiger partial charge in [-0.05, 0) is 31.9 Å². The Morgan fingerprint density at radius 2 is 1.96 bits per heavy atom. The minimum Gasteiger partial charge on any atom is -0.459 e. The molecule has 0 bridgehead atoms. The van der Waals surface area contributed by atoms with Crippen LogP contribution in [0.2, 0.25) is 0 Å². The van der Waals surface area contributed by atoms with E-state index in [0.29, 0.717) is 52.1 Å². The molecule has 2 N–H and O–H groups in total. The summed E-state index contributed by atoms with van der Waals surface area (Å²) in [6.45, 7) is 7.52. The number of rotatable bonds is 9. The summed E-state index contributed by atoms with van der Waals surface area (Å²) >= 11 is 0. The number of carbonyl (C=O) groups is 3. The third kappa shape index (κ3) is 7.05. The van der Waals surface area contributed by atoms with Gasteiger partial charge >= 0.3 is 0 Å². The molecule has 1 fully saturated rings. The molecule has 0 radical (unpaired) electrons. The van der Waals surface area contributed by atoms with Crippen LogP contribution < -0.4 is 10.6 Å². The normalized spacial score (nSPS) is 16.0. The number of furan rings is 1. The summed E-state index contributed by atoms with van der Waals surface area (Å²) < 4.78 is 5.01. The highest BCUT2D eigenvalue weighted by Crippen LogP contribution is 2.05. The van der Waals surface area contributed by atoms with Crippen molar-refractivity contribution in [2.24, 2.45) is 0 Å². The third-order valence-electron chi connectivity index (χ3n) is 4.71. The van der Waals surface area contributed by atoms with Crippen molar-refractivity contribution in [3.8, 4) is 0 Å². The number of piperazine rings is 1. The van der Waals surface area contributed by atoms with Gasteiger partial charge in [0.25, 0.3) is 5.91 Å². The number of nitrogens with one attached hydrogen (secondary N) is 2. The van der Waals surface area contributed by atoms with Gasteiger partial charge in [0.2, 0.25) is 11.8 Å². The van der Waals surface area contributed by atoms with Gasteiger partial charge in [0.1, 0.15) is 0 Å². The van der Waals surface area contributed by atoms with E-state index in [4.69, 9.17) is 4.42 Å². The zero-order chi connectivity index (χ0) is 19.6. The highest BCUT2D eigenvalue weighted by molar-refractivity contribution is 5.91. The molecule has 2 rings (SSSR count). The maximum absolute atomic E-state index is 12.3. The van der Waals surface area contributed by atoms with Gasteiger partial charge in [-0.2, -0.15) is 0 Å². The smallest absolute Gasteiger partial charge is 0.286 e. The van der Waals surface area contributed by atoms with Gasteiger partial charge in [0.05, 0.1) is 12.8 Å². The van der Waals surface area contributed by atoms with Crippen molar-refractivity contribution in [3.63, 3.8) is 0 Å². The highest BCUT2D eigenvalue weighted by atomic mass is 16.3. The van der Waals surface area contributed by atoms with Crippen LogP contribution in [0.4, 0.5) is 0 Å². The van der Waals surface area contributed by atoms with Gasteiger partial charge in [-0.3, -0.25) is 19.3 Å². The summed E-state index contributed by atoms with van der Waals surface area (Å²) in [5.74, 6) is 0.133. The Bertz CT molecular complexity index is 609. The van der Waals surface area contributed by atoms with Crippen molar-refractivity contribution in [3.05, 3.63) is 24.2 Å². The Morgan fingerprint density at radius 1 is 1.22 bits per heavy atom. The van der Waals surface area contributed by atoms with Crippen LogP contribution in [-0.2, 0) is 9.59 Å². The van der Waals surface area contributed by atoms with Crippen molar-refractivity contribution >= 4 is 17.7 Å². The molecule has 150 valence electrons. The average molecular weight is 378 g/mol. The molecular formula is C19H30N4O4. The van der Waals surface area contributed by atoms with Crippen LogP contribution in [0.15, 0.2) is 22.8 Å². The molecule has 1 aromatic rings. The first-order valence-electron chi connectivity index (χ1n) is 9.60. The highest BCUT2D eigenvalue weighted by Gasteiger charge is 2.22. The van der Waals surface area contributed by atoms with Crippen molar-refractivity contribution in [1.82, 2.24) is 20.4 Å². The SMILES string of the molecule is CCC(C)NC(=O)CN1CCN(C(=O)CCCNC(=O)c2ccco2)CC1. The zero-order valence-electron chi connectivity index (χ0n) is 16.2. The molecule has 2 heterocycles. The van der Waals surface area contributed by atoms with E-state index < -0.39 is 0 Å². The Balaban J connectivity index is 1.59. The fraction of sp³-hybridized carbons (Fsp3) is 0.632. The van der Waals surface area contributed by atoms with E-state index >= 15 is 0 Å². The van der Waals surface area contributed by atoms with Crippen LogP contribution in [-0.4, -0.2) is 72.8 Å². The average Bonchev–Trinajstić information content (AvgIpc) is 3.20. The lowest BCUT2D eigenvalue weighted by molar-refractivity contribution is -0.133. The summed E-state index contributed by atoms with van der Waals surface area (Å²) in [5, 5.41) is 5.70. The summed E-state index contributed by atoms with van der Waals surface area (Å²) in [5.41, 5.74) is 0. The molecule has 0 aliphatic carbocycles. The second-order valence-electron chi connectivity index (χ2n) is 6.87. The minimum absolute atomic E-state index is 0.0384. The second kappa shape index (κ2) is 10.7. The minimum atomic E-state index is -0.267. The van der Waals surface area contributed by atoms with Gasteiger partial charge < -0.3 is 20.0 Å². The van der Waals surface area contributed by atoms with E-state index in [1.54, 1.807) is 12.1 Å². The molecule has 8 heteroatoms. The quantitative estimate of drug-likeness (QED) is 0.621. The predicted octanol–water partition coefficient (Wildman–Crippen LogP) is 0.849. The fourth-order valence-corrected chi connectivity index (χ4v) is 2.88. The van der Waals surface area contributed by atoms with Crippen molar-refractivity contribution in [1.29, 1.82) is 0 Å². The second-order valence-corrected chi connectivity index (χ2v) is 6.87. The number of nitrogens with zero attached hydrogens (tertiary/aromatic N) is 2. The van der Waals surface area contributed by atoms with E-state index in [1.807, 2.05) is 18.7 Å². The molecule has 0 spiro atoms. The van der Waals surface area contributed by atoms with E-state index in [0.717, 1.165) is 6.42 Å². The Morgan fingerprint density at radius 3 is 2.59 bits per heavy atom. The van der Waals surface area contributed by atoms with Crippen LogP contribution in [0.5, 0.6) is 0 Å². The number of hydrogen-bond donors (Lipinski definition) is 2. The molecule has 1 saturated heterocycles.